The number of halogens is 1. The summed E-state index contributed by atoms with van der Waals surface area (Å²) in [4.78, 5) is 9.21. The lowest BCUT2D eigenvalue weighted by molar-refractivity contribution is 0.415. The Morgan fingerprint density at radius 1 is 0.848 bits per heavy atom. The molecule has 0 aliphatic heterocycles. The molecule has 4 aromatic rings. The summed E-state index contributed by atoms with van der Waals surface area (Å²) in [5.74, 6) is 1.29. The molecule has 4 rings (SSSR count). The van der Waals surface area contributed by atoms with E-state index in [-0.39, 0.29) is 16.5 Å². The maximum Gasteiger partial charge on any atom is 0.263 e. The Bertz CT molecular complexity index is 1430. The van der Waals surface area contributed by atoms with Gasteiger partial charge in [0.2, 0.25) is 0 Å². The average molecular weight is 485 g/mol. The first kappa shape index (κ1) is 22.6. The van der Waals surface area contributed by atoms with Gasteiger partial charge >= 0.3 is 0 Å². The molecule has 0 spiro atoms. The molecule has 3 aromatic carbocycles. The van der Waals surface area contributed by atoms with Gasteiger partial charge in [0.15, 0.2) is 11.6 Å². The van der Waals surface area contributed by atoms with Crippen LogP contribution in [0, 0.1) is 6.92 Å². The van der Waals surface area contributed by atoms with Crippen LogP contribution in [0.15, 0.2) is 65.6 Å². The van der Waals surface area contributed by atoms with E-state index in [2.05, 4.69) is 20.0 Å². The maximum absolute atomic E-state index is 13.1. The quantitative estimate of drug-likeness (QED) is 0.373. The molecule has 8 nitrogen and oxygen atoms in total. The summed E-state index contributed by atoms with van der Waals surface area (Å²) in [5, 5.41) is 3.56. The third-order valence-corrected chi connectivity index (χ3v) is 6.44. The molecule has 33 heavy (non-hydrogen) atoms. The van der Waals surface area contributed by atoms with E-state index in [1.54, 1.807) is 55.6 Å². The molecule has 0 aliphatic carbocycles. The van der Waals surface area contributed by atoms with E-state index in [1.165, 1.54) is 19.2 Å². The zero-order valence-electron chi connectivity index (χ0n) is 18.1. The van der Waals surface area contributed by atoms with Gasteiger partial charge < -0.3 is 14.8 Å². The molecule has 0 unspecified atom stereocenters. The first-order valence-electron chi connectivity index (χ1n) is 9.85. The molecule has 0 atom stereocenters. The molecule has 0 saturated heterocycles. The first-order valence-corrected chi connectivity index (χ1v) is 11.7. The molecule has 0 saturated carbocycles. The second-order valence-electron chi connectivity index (χ2n) is 7.16. The van der Waals surface area contributed by atoms with Crippen molar-refractivity contribution in [3.63, 3.8) is 0 Å². The molecular formula is C23H21ClN4O4S. The lowest BCUT2D eigenvalue weighted by Gasteiger charge is -2.16. The Labute approximate surface area is 196 Å². The zero-order valence-corrected chi connectivity index (χ0v) is 19.7. The van der Waals surface area contributed by atoms with Crippen LogP contribution in [0.4, 0.5) is 17.3 Å². The van der Waals surface area contributed by atoms with Gasteiger partial charge in [-0.1, -0.05) is 29.3 Å². The van der Waals surface area contributed by atoms with Crippen molar-refractivity contribution in [2.24, 2.45) is 0 Å². The number of sulfonamides is 1. The van der Waals surface area contributed by atoms with Gasteiger partial charge in [-0.15, -0.1) is 0 Å². The highest BCUT2D eigenvalue weighted by molar-refractivity contribution is 7.92. The average Bonchev–Trinajstić information content (AvgIpc) is 2.79. The number of hydrogen-bond acceptors (Lipinski definition) is 7. The molecule has 1 aromatic heterocycles. The first-order chi connectivity index (χ1) is 15.8. The van der Waals surface area contributed by atoms with Gasteiger partial charge in [-0.3, -0.25) is 4.72 Å². The highest BCUT2D eigenvalue weighted by atomic mass is 35.5. The number of aromatic nitrogens is 2. The van der Waals surface area contributed by atoms with E-state index < -0.39 is 10.0 Å². The van der Waals surface area contributed by atoms with Crippen LogP contribution >= 0.6 is 11.6 Å². The standard InChI is InChI=1S/C23H21ClN4O4S/c1-14-4-8-17(9-5-14)33(29,30)28-23-22(27-20-12-15(24)6-11-21(20)32-3)26-19-13-16(31-2)7-10-18(19)25-23/h4-13H,1-3H3,(H,25,28)(H,26,27). The molecule has 0 aliphatic rings. The summed E-state index contributed by atoms with van der Waals surface area (Å²) in [6.45, 7) is 1.88. The van der Waals surface area contributed by atoms with Crippen LogP contribution in [0.25, 0.3) is 11.0 Å². The van der Waals surface area contributed by atoms with Gasteiger partial charge in [0.05, 0.1) is 35.8 Å². The van der Waals surface area contributed by atoms with Gasteiger partial charge in [-0.05, 0) is 49.4 Å². The molecule has 0 radical (unpaired) electrons. The Morgan fingerprint density at radius 3 is 2.27 bits per heavy atom. The number of hydrogen-bond donors (Lipinski definition) is 2. The fraction of sp³-hybridized carbons (Fsp3) is 0.130. The third kappa shape index (κ3) is 4.94. The second-order valence-corrected chi connectivity index (χ2v) is 9.28. The minimum atomic E-state index is -3.92. The van der Waals surface area contributed by atoms with Gasteiger partial charge in [0.25, 0.3) is 10.0 Å². The lowest BCUT2D eigenvalue weighted by atomic mass is 10.2. The number of fused-ring (bicyclic) bond motifs is 1. The zero-order chi connectivity index (χ0) is 23.6. The molecule has 0 amide bonds. The van der Waals surface area contributed by atoms with Gasteiger partial charge in [0.1, 0.15) is 11.5 Å². The number of ether oxygens (including phenoxy) is 2. The SMILES string of the molecule is COc1ccc2nc(NS(=O)(=O)c3ccc(C)cc3)c(Nc3cc(Cl)ccc3OC)nc2c1. The summed E-state index contributed by atoms with van der Waals surface area (Å²) in [7, 11) is -0.854. The minimum absolute atomic E-state index is 0.0234. The Morgan fingerprint density at radius 2 is 1.58 bits per heavy atom. The number of benzene rings is 3. The largest absolute Gasteiger partial charge is 0.497 e. The minimum Gasteiger partial charge on any atom is -0.497 e. The van der Waals surface area contributed by atoms with Gasteiger partial charge in [-0.2, -0.15) is 0 Å². The van der Waals surface area contributed by atoms with Crippen LogP contribution in [0.3, 0.4) is 0 Å². The number of aryl methyl sites for hydroxylation is 1. The smallest absolute Gasteiger partial charge is 0.263 e. The van der Waals surface area contributed by atoms with Crippen molar-refractivity contribution < 1.29 is 17.9 Å². The highest BCUT2D eigenvalue weighted by Gasteiger charge is 2.20. The second kappa shape index (κ2) is 9.13. The molecule has 1 heterocycles. The Hall–Kier alpha value is -3.56. The third-order valence-electron chi connectivity index (χ3n) is 4.85. The van der Waals surface area contributed by atoms with E-state index in [4.69, 9.17) is 21.1 Å². The molecule has 0 bridgehead atoms. The fourth-order valence-corrected chi connectivity index (χ4v) is 4.31. The summed E-state index contributed by atoms with van der Waals surface area (Å²) in [6.07, 6.45) is 0. The van der Waals surface area contributed by atoms with Crippen molar-refractivity contribution in [1.82, 2.24) is 9.97 Å². The maximum atomic E-state index is 13.1. The van der Waals surface area contributed by atoms with Crippen LogP contribution in [-0.2, 0) is 10.0 Å². The number of rotatable bonds is 7. The van der Waals surface area contributed by atoms with Crippen molar-refractivity contribution in [2.45, 2.75) is 11.8 Å². The highest BCUT2D eigenvalue weighted by Crippen LogP contribution is 2.34. The van der Waals surface area contributed by atoms with E-state index in [1.807, 2.05) is 6.92 Å². The monoisotopic (exact) mass is 484 g/mol. The summed E-state index contributed by atoms with van der Waals surface area (Å²) in [5.41, 5.74) is 2.44. The predicted octanol–water partition coefficient (Wildman–Crippen LogP) is 5.15. The molecule has 10 heteroatoms. The number of nitrogens with one attached hydrogen (secondary N) is 2. The topological polar surface area (TPSA) is 102 Å². The summed E-state index contributed by atoms with van der Waals surface area (Å²) in [6, 6.07) is 16.7. The van der Waals surface area contributed by atoms with Crippen LogP contribution < -0.4 is 19.5 Å². The molecular weight excluding hydrogens is 464 g/mol. The Balaban J connectivity index is 1.83. The van der Waals surface area contributed by atoms with Gasteiger partial charge in [0, 0.05) is 11.1 Å². The van der Waals surface area contributed by atoms with Crippen molar-refractivity contribution >= 4 is 50.0 Å². The van der Waals surface area contributed by atoms with Crippen LogP contribution in [-0.4, -0.2) is 32.6 Å². The van der Waals surface area contributed by atoms with Gasteiger partial charge in [-0.25, -0.2) is 18.4 Å². The van der Waals surface area contributed by atoms with E-state index in [0.717, 1.165) is 5.56 Å². The van der Waals surface area contributed by atoms with Crippen molar-refractivity contribution in [2.75, 3.05) is 24.3 Å². The van der Waals surface area contributed by atoms with Crippen LogP contribution in [0.1, 0.15) is 5.56 Å². The molecule has 170 valence electrons. The number of nitrogens with zero attached hydrogens (tertiary/aromatic N) is 2. The number of anilines is 3. The van der Waals surface area contributed by atoms with E-state index in [0.29, 0.717) is 33.2 Å². The van der Waals surface area contributed by atoms with Crippen molar-refractivity contribution in [3.8, 4) is 11.5 Å². The summed E-state index contributed by atoms with van der Waals surface area (Å²) < 4.78 is 39.3. The van der Waals surface area contributed by atoms with Crippen molar-refractivity contribution in [3.05, 3.63) is 71.2 Å². The van der Waals surface area contributed by atoms with E-state index >= 15 is 0 Å². The summed E-state index contributed by atoms with van der Waals surface area (Å²) >= 11 is 6.15. The molecule has 0 fully saturated rings. The van der Waals surface area contributed by atoms with E-state index in [9.17, 15) is 8.42 Å². The van der Waals surface area contributed by atoms with Crippen molar-refractivity contribution in [1.29, 1.82) is 0 Å². The lowest BCUT2D eigenvalue weighted by Crippen LogP contribution is -2.16. The predicted molar refractivity (Wildman–Crippen MR) is 129 cm³/mol. The normalized spacial score (nSPS) is 11.3. The molecule has 2 N–H and O–H groups in total. The van der Waals surface area contributed by atoms with Crippen LogP contribution in [0.5, 0.6) is 11.5 Å². The Kier molecular flexibility index (Phi) is 6.26. The van der Waals surface area contributed by atoms with Crippen LogP contribution in [0.2, 0.25) is 5.02 Å². The number of methoxy groups -OCH3 is 2. The fourth-order valence-electron chi connectivity index (χ4n) is 3.13.